The van der Waals surface area contributed by atoms with E-state index in [4.69, 9.17) is 5.11 Å². The summed E-state index contributed by atoms with van der Waals surface area (Å²) in [5.41, 5.74) is 2.25. The molecule has 20 heavy (non-hydrogen) atoms. The van der Waals surface area contributed by atoms with Gasteiger partial charge in [-0.3, -0.25) is 14.4 Å². The lowest BCUT2D eigenvalue weighted by molar-refractivity contribution is -0.137. The first kappa shape index (κ1) is 15.5. The van der Waals surface area contributed by atoms with Crippen LogP contribution in [0.1, 0.15) is 44.5 Å². The van der Waals surface area contributed by atoms with Gasteiger partial charge in [-0.25, -0.2) is 0 Å². The van der Waals surface area contributed by atoms with Crippen molar-refractivity contribution in [1.82, 2.24) is 14.7 Å². The number of halogens is 1. The second-order valence-corrected chi connectivity index (χ2v) is 6.02. The van der Waals surface area contributed by atoms with Gasteiger partial charge in [-0.2, -0.15) is 5.10 Å². The molecule has 0 spiro atoms. The quantitative estimate of drug-likeness (QED) is 0.788. The average Bonchev–Trinajstić information content (AvgIpc) is 3.21. The fourth-order valence-corrected chi connectivity index (χ4v) is 3.12. The van der Waals surface area contributed by atoms with Crippen LogP contribution in [0.15, 0.2) is 4.47 Å². The van der Waals surface area contributed by atoms with Gasteiger partial charge in [0, 0.05) is 25.7 Å². The molecule has 0 bridgehead atoms. The largest absolute Gasteiger partial charge is 0.481 e. The van der Waals surface area contributed by atoms with Gasteiger partial charge in [0.25, 0.3) is 0 Å². The van der Waals surface area contributed by atoms with Crippen molar-refractivity contribution in [2.24, 2.45) is 0 Å². The Labute approximate surface area is 128 Å². The topological polar surface area (TPSA) is 58.4 Å². The van der Waals surface area contributed by atoms with Crippen LogP contribution in [0, 0.1) is 0 Å². The highest BCUT2D eigenvalue weighted by atomic mass is 79.9. The van der Waals surface area contributed by atoms with E-state index in [0.717, 1.165) is 29.7 Å². The van der Waals surface area contributed by atoms with E-state index in [2.05, 4.69) is 39.8 Å². The minimum Gasteiger partial charge on any atom is -0.481 e. The molecule has 0 unspecified atom stereocenters. The second kappa shape index (κ2) is 6.72. The fourth-order valence-electron chi connectivity index (χ4n) is 2.43. The summed E-state index contributed by atoms with van der Waals surface area (Å²) < 4.78 is 3.11. The molecular weight excluding hydrogens is 322 g/mol. The van der Waals surface area contributed by atoms with Crippen molar-refractivity contribution < 1.29 is 9.90 Å². The number of carboxylic acid groups (broad SMARTS) is 1. The summed E-state index contributed by atoms with van der Waals surface area (Å²) in [6.07, 6.45) is 3.46. The third-order valence-corrected chi connectivity index (χ3v) is 4.64. The number of rotatable bonds is 8. The molecule has 1 aliphatic rings. The maximum Gasteiger partial charge on any atom is 0.304 e. The van der Waals surface area contributed by atoms with Gasteiger partial charge in [0.05, 0.1) is 22.3 Å². The van der Waals surface area contributed by atoms with Crippen LogP contribution in [0.25, 0.3) is 0 Å². The number of carbonyl (C=O) groups is 1. The number of aromatic nitrogens is 2. The van der Waals surface area contributed by atoms with Gasteiger partial charge in [-0.1, -0.05) is 6.92 Å². The molecule has 1 aliphatic carbocycles. The van der Waals surface area contributed by atoms with Crippen molar-refractivity contribution in [3.63, 3.8) is 0 Å². The van der Waals surface area contributed by atoms with Crippen molar-refractivity contribution >= 4 is 21.9 Å². The molecular formula is C14H22BrN3O2. The van der Waals surface area contributed by atoms with Crippen molar-refractivity contribution in [1.29, 1.82) is 0 Å². The van der Waals surface area contributed by atoms with Gasteiger partial charge in [-0.15, -0.1) is 0 Å². The molecule has 1 saturated carbocycles. The lowest BCUT2D eigenvalue weighted by Gasteiger charge is -2.21. The van der Waals surface area contributed by atoms with Gasteiger partial charge >= 0.3 is 5.97 Å². The molecule has 0 atom stereocenters. The van der Waals surface area contributed by atoms with Gasteiger partial charge in [0.15, 0.2) is 0 Å². The maximum absolute atomic E-state index is 10.8. The monoisotopic (exact) mass is 343 g/mol. The Morgan fingerprint density at radius 3 is 2.70 bits per heavy atom. The van der Waals surface area contributed by atoms with E-state index in [-0.39, 0.29) is 6.42 Å². The number of aryl methyl sites for hydroxylation is 2. The van der Waals surface area contributed by atoms with E-state index in [9.17, 15) is 4.79 Å². The Morgan fingerprint density at radius 2 is 2.20 bits per heavy atom. The molecule has 0 amide bonds. The van der Waals surface area contributed by atoms with Crippen molar-refractivity contribution in [3.8, 4) is 0 Å². The summed E-state index contributed by atoms with van der Waals surface area (Å²) in [5.74, 6) is -0.729. The van der Waals surface area contributed by atoms with E-state index in [1.165, 1.54) is 18.5 Å². The number of hydrogen-bond donors (Lipinski definition) is 1. The minimum absolute atomic E-state index is 0.203. The van der Waals surface area contributed by atoms with Crippen LogP contribution in [-0.2, 0) is 24.3 Å². The molecule has 112 valence electrons. The first-order valence-electron chi connectivity index (χ1n) is 7.26. The molecule has 1 aromatic rings. The molecule has 0 aromatic carbocycles. The Kier molecular flexibility index (Phi) is 5.21. The highest BCUT2D eigenvalue weighted by Gasteiger charge is 2.30. The lowest BCUT2D eigenvalue weighted by Crippen LogP contribution is -2.29. The summed E-state index contributed by atoms with van der Waals surface area (Å²) in [4.78, 5) is 13.1. The van der Waals surface area contributed by atoms with Gasteiger partial charge in [0.1, 0.15) is 0 Å². The molecule has 0 saturated heterocycles. The molecule has 6 heteroatoms. The standard InChI is InChI=1S/C14H22BrN3O2/c1-3-11-14(15)12(18(4-2)16-11)9-17(10-5-6-10)8-7-13(19)20/h10H,3-9H2,1-2H3,(H,19,20). The second-order valence-electron chi connectivity index (χ2n) is 5.22. The summed E-state index contributed by atoms with van der Waals surface area (Å²) in [5, 5.41) is 13.5. The minimum atomic E-state index is -0.729. The average molecular weight is 344 g/mol. The van der Waals surface area contributed by atoms with Crippen LogP contribution < -0.4 is 0 Å². The normalized spacial score (nSPS) is 15.0. The zero-order chi connectivity index (χ0) is 14.7. The number of nitrogens with zero attached hydrogens (tertiary/aromatic N) is 3. The van der Waals surface area contributed by atoms with Crippen LogP contribution in [0.4, 0.5) is 0 Å². The van der Waals surface area contributed by atoms with Crippen molar-refractivity contribution in [2.75, 3.05) is 6.54 Å². The molecule has 1 fully saturated rings. The highest BCUT2D eigenvalue weighted by Crippen LogP contribution is 2.31. The molecule has 0 aliphatic heterocycles. The van der Waals surface area contributed by atoms with Gasteiger partial charge < -0.3 is 5.11 Å². The van der Waals surface area contributed by atoms with E-state index in [0.29, 0.717) is 12.6 Å². The Hall–Kier alpha value is -0.880. The number of carboxylic acids is 1. The fraction of sp³-hybridized carbons (Fsp3) is 0.714. The molecule has 1 aromatic heterocycles. The Bertz CT molecular complexity index is 483. The van der Waals surface area contributed by atoms with Crippen molar-refractivity contribution in [2.45, 2.75) is 58.7 Å². The van der Waals surface area contributed by atoms with Crippen LogP contribution in [0.3, 0.4) is 0 Å². The van der Waals surface area contributed by atoms with E-state index in [1.807, 2.05) is 4.68 Å². The third-order valence-electron chi connectivity index (χ3n) is 3.72. The predicted octanol–water partition coefficient (Wildman–Crippen LogP) is 2.67. The lowest BCUT2D eigenvalue weighted by atomic mass is 10.2. The molecule has 0 radical (unpaired) electrons. The van der Waals surface area contributed by atoms with Crippen LogP contribution in [0.5, 0.6) is 0 Å². The van der Waals surface area contributed by atoms with E-state index < -0.39 is 5.97 Å². The van der Waals surface area contributed by atoms with Crippen LogP contribution in [0.2, 0.25) is 0 Å². The molecule has 1 heterocycles. The van der Waals surface area contributed by atoms with Crippen molar-refractivity contribution in [3.05, 3.63) is 15.9 Å². The third kappa shape index (κ3) is 3.61. The summed E-state index contributed by atoms with van der Waals surface area (Å²) in [7, 11) is 0. The molecule has 1 N–H and O–H groups in total. The summed E-state index contributed by atoms with van der Waals surface area (Å²) >= 11 is 3.65. The van der Waals surface area contributed by atoms with E-state index in [1.54, 1.807) is 0 Å². The molecule has 5 nitrogen and oxygen atoms in total. The van der Waals surface area contributed by atoms with Crippen LogP contribution >= 0.6 is 15.9 Å². The Balaban J connectivity index is 2.13. The Morgan fingerprint density at radius 1 is 1.50 bits per heavy atom. The highest BCUT2D eigenvalue weighted by molar-refractivity contribution is 9.10. The SMILES string of the molecule is CCc1nn(CC)c(CN(CCC(=O)O)C2CC2)c1Br. The number of aliphatic carboxylic acids is 1. The number of hydrogen-bond acceptors (Lipinski definition) is 3. The first-order valence-corrected chi connectivity index (χ1v) is 8.06. The smallest absolute Gasteiger partial charge is 0.304 e. The predicted molar refractivity (Wildman–Crippen MR) is 80.7 cm³/mol. The zero-order valence-electron chi connectivity index (χ0n) is 12.1. The maximum atomic E-state index is 10.8. The summed E-state index contributed by atoms with van der Waals surface area (Å²) in [6, 6.07) is 0.548. The summed E-state index contributed by atoms with van der Waals surface area (Å²) in [6.45, 7) is 6.41. The van der Waals surface area contributed by atoms with Gasteiger partial charge in [0.2, 0.25) is 0 Å². The van der Waals surface area contributed by atoms with Crippen LogP contribution in [-0.4, -0.2) is 38.3 Å². The van der Waals surface area contributed by atoms with E-state index >= 15 is 0 Å². The zero-order valence-corrected chi connectivity index (χ0v) is 13.7. The first-order chi connectivity index (χ1) is 9.56. The molecule has 2 rings (SSSR count). The van der Waals surface area contributed by atoms with Gasteiger partial charge in [-0.05, 0) is 42.1 Å².